The van der Waals surface area contributed by atoms with Gasteiger partial charge in [-0.05, 0) is 24.7 Å². The van der Waals surface area contributed by atoms with Gasteiger partial charge in [-0.2, -0.15) is 0 Å². The van der Waals surface area contributed by atoms with Crippen LogP contribution < -0.4 is 0 Å². The monoisotopic (exact) mass is 256 g/mol. The molecule has 0 aromatic carbocycles. The van der Waals surface area contributed by atoms with Crippen LogP contribution in [0.1, 0.15) is 53.4 Å². The minimum absolute atomic E-state index is 0.0744. The summed E-state index contributed by atoms with van der Waals surface area (Å²) in [6.45, 7) is 7.50. The lowest BCUT2D eigenvalue weighted by Gasteiger charge is -2.19. The summed E-state index contributed by atoms with van der Waals surface area (Å²) in [4.78, 5) is 22.7. The molecule has 0 aromatic heterocycles. The predicted molar refractivity (Wildman–Crippen MR) is 70.4 cm³/mol. The summed E-state index contributed by atoms with van der Waals surface area (Å²) in [5.74, 6) is -2.65. The van der Waals surface area contributed by atoms with Gasteiger partial charge < -0.3 is 10.2 Å². The summed E-state index contributed by atoms with van der Waals surface area (Å²) < 4.78 is 0. The standard InChI is InChI=1S/C14H24O4/c1-5-7-9(3)11(13(15)16)12(14(17)18)10(4)8-6-2/h9-10H,5-8H2,1-4H3,(H,15,16)(H,17,18)/b12-11+. The molecule has 0 saturated heterocycles. The molecule has 2 atom stereocenters. The first kappa shape index (κ1) is 16.7. The Kier molecular flexibility index (Phi) is 7.32. The van der Waals surface area contributed by atoms with Gasteiger partial charge in [0.1, 0.15) is 0 Å². The van der Waals surface area contributed by atoms with Crippen molar-refractivity contribution in [3.63, 3.8) is 0 Å². The van der Waals surface area contributed by atoms with Crippen LogP contribution in [-0.2, 0) is 9.59 Å². The van der Waals surface area contributed by atoms with Crippen molar-refractivity contribution >= 4 is 11.9 Å². The van der Waals surface area contributed by atoms with Crippen LogP contribution in [0.25, 0.3) is 0 Å². The van der Waals surface area contributed by atoms with Gasteiger partial charge >= 0.3 is 11.9 Å². The maximum atomic E-state index is 11.3. The molecule has 0 radical (unpaired) electrons. The van der Waals surface area contributed by atoms with Crippen LogP contribution in [0.5, 0.6) is 0 Å². The smallest absolute Gasteiger partial charge is 0.332 e. The Bertz CT molecular complexity index is 299. The molecule has 18 heavy (non-hydrogen) atoms. The van der Waals surface area contributed by atoms with Crippen molar-refractivity contribution < 1.29 is 19.8 Å². The lowest BCUT2D eigenvalue weighted by molar-refractivity contribution is -0.136. The molecule has 104 valence electrons. The molecule has 0 aliphatic heterocycles. The lowest BCUT2D eigenvalue weighted by Crippen LogP contribution is -2.21. The normalized spacial score (nSPS) is 15.8. The Morgan fingerprint density at radius 3 is 1.28 bits per heavy atom. The van der Waals surface area contributed by atoms with Gasteiger partial charge in [0.05, 0.1) is 11.1 Å². The molecule has 0 heterocycles. The third-order valence-electron chi connectivity index (χ3n) is 3.18. The Labute approximate surface area is 109 Å². The minimum Gasteiger partial charge on any atom is -0.478 e. The Morgan fingerprint density at radius 1 is 0.833 bits per heavy atom. The zero-order chi connectivity index (χ0) is 14.3. The first-order chi connectivity index (χ1) is 8.36. The first-order valence-electron chi connectivity index (χ1n) is 6.57. The van der Waals surface area contributed by atoms with E-state index in [1.54, 1.807) is 13.8 Å². The van der Waals surface area contributed by atoms with Gasteiger partial charge in [0.25, 0.3) is 0 Å². The quantitative estimate of drug-likeness (QED) is 0.653. The molecular formula is C14H24O4. The number of aliphatic carboxylic acids is 2. The van der Waals surface area contributed by atoms with Crippen LogP contribution in [0, 0.1) is 11.8 Å². The van der Waals surface area contributed by atoms with E-state index >= 15 is 0 Å². The predicted octanol–water partition coefficient (Wildman–Crippen LogP) is 3.32. The average Bonchev–Trinajstić information content (AvgIpc) is 2.24. The van der Waals surface area contributed by atoms with Gasteiger partial charge in [0, 0.05) is 0 Å². The fourth-order valence-corrected chi connectivity index (χ4v) is 2.34. The third-order valence-corrected chi connectivity index (χ3v) is 3.18. The van der Waals surface area contributed by atoms with Crippen molar-refractivity contribution in [2.45, 2.75) is 53.4 Å². The van der Waals surface area contributed by atoms with E-state index in [2.05, 4.69) is 0 Å². The SMILES string of the molecule is CCCC(C)/C(C(=O)O)=C(\C(=O)O)C(C)CCC. The van der Waals surface area contributed by atoms with E-state index in [-0.39, 0.29) is 23.0 Å². The second-order valence-electron chi connectivity index (χ2n) is 4.82. The number of hydrogen-bond acceptors (Lipinski definition) is 2. The number of carboxylic acid groups (broad SMARTS) is 2. The van der Waals surface area contributed by atoms with Crippen LogP contribution in [0.2, 0.25) is 0 Å². The van der Waals surface area contributed by atoms with Gasteiger partial charge in [0.2, 0.25) is 0 Å². The Hall–Kier alpha value is -1.32. The van der Waals surface area contributed by atoms with Gasteiger partial charge in [-0.3, -0.25) is 0 Å². The van der Waals surface area contributed by atoms with E-state index in [0.29, 0.717) is 12.8 Å². The molecule has 0 amide bonds. The molecule has 0 aromatic rings. The molecule has 2 unspecified atom stereocenters. The fourth-order valence-electron chi connectivity index (χ4n) is 2.34. The minimum atomic E-state index is -1.10. The van der Waals surface area contributed by atoms with Crippen LogP contribution in [0.15, 0.2) is 11.1 Å². The Morgan fingerprint density at radius 2 is 1.11 bits per heavy atom. The summed E-state index contributed by atoms with van der Waals surface area (Å²) in [7, 11) is 0. The maximum absolute atomic E-state index is 11.3. The molecule has 0 aliphatic carbocycles. The average molecular weight is 256 g/mol. The van der Waals surface area contributed by atoms with E-state index in [1.165, 1.54) is 0 Å². The van der Waals surface area contributed by atoms with Crippen molar-refractivity contribution in [2.24, 2.45) is 11.8 Å². The van der Waals surface area contributed by atoms with Gasteiger partial charge in [-0.1, -0.05) is 40.5 Å². The van der Waals surface area contributed by atoms with Crippen molar-refractivity contribution in [3.8, 4) is 0 Å². The van der Waals surface area contributed by atoms with Gasteiger partial charge in [-0.15, -0.1) is 0 Å². The Balaban J connectivity index is 5.57. The van der Waals surface area contributed by atoms with Crippen LogP contribution >= 0.6 is 0 Å². The zero-order valence-corrected chi connectivity index (χ0v) is 11.7. The topological polar surface area (TPSA) is 74.6 Å². The first-order valence-corrected chi connectivity index (χ1v) is 6.57. The van der Waals surface area contributed by atoms with Crippen molar-refractivity contribution in [3.05, 3.63) is 11.1 Å². The molecule has 2 N–H and O–H groups in total. The van der Waals surface area contributed by atoms with Crippen LogP contribution in [-0.4, -0.2) is 22.2 Å². The highest BCUT2D eigenvalue weighted by molar-refractivity contribution is 5.99. The van der Waals surface area contributed by atoms with Crippen molar-refractivity contribution in [1.29, 1.82) is 0 Å². The molecule has 0 aliphatic rings. The second-order valence-corrected chi connectivity index (χ2v) is 4.82. The lowest BCUT2D eigenvalue weighted by atomic mass is 9.85. The molecular weight excluding hydrogens is 232 g/mol. The van der Waals surface area contributed by atoms with E-state index in [1.807, 2.05) is 13.8 Å². The molecule has 0 saturated carbocycles. The molecule has 4 heteroatoms. The molecule has 0 fully saturated rings. The van der Waals surface area contributed by atoms with Gasteiger partial charge in [-0.25, -0.2) is 9.59 Å². The molecule has 0 bridgehead atoms. The number of carbonyl (C=O) groups is 2. The summed E-state index contributed by atoms with van der Waals surface area (Å²) in [6.07, 6.45) is 3.06. The summed E-state index contributed by atoms with van der Waals surface area (Å²) >= 11 is 0. The maximum Gasteiger partial charge on any atom is 0.332 e. The van der Waals surface area contributed by atoms with E-state index < -0.39 is 11.9 Å². The van der Waals surface area contributed by atoms with E-state index in [4.69, 9.17) is 0 Å². The van der Waals surface area contributed by atoms with Gasteiger partial charge in [0.15, 0.2) is 0 Å². The summed E-state index contributed by atoms with van der Waals surface area (Å²) in [6, 6.07) is 0. The van der Waals surface area contributed by atoms with E-state index in [0.717, 1.165) is 12.8 Å². The highest BCUT2D eigenvalue weighted by Gasteiger charge is 2.27. The third kappa shape index (κ3) is 4.51. The number of carboxylic acids is 2. The molecule has 0 rings (SSSR count). The van der Waals surface area contributed by atoms with Crippen LogP contribution in [0.4, 0.5) is 0 Å². The summed E-state index contributed by atoms with van der Waals surface area (Å²) in [5.41, 5.74) is 0.149. The molecule has 4 nitrogen and oxygen atoms in total. The van der Waals surface area contributed by atoms with E-state index in [9.17, 15) is 19.8 Å². The largest absolute Gasteiger partial charge is 0.478 e. The van der Waals surface area contributed by atoms with Crippen molar-refractivity contribution in [1.82, 2.24) is 0 Å². The summed E-state index contributed by atoms with van der Waals surface area (Å²) in [5, 5.41) is 18.6. The van der Waals surface area contributed by atoms with Crippen LogP contribution in [0.3, 0.4) is 0 Å². The van der Waals surface area contributed by atoms with Crippen molar-refractivity contribution in [2.75, 3.05) is 0 Å². The highest BCUT2D eigenvalue weighted by atomic mass is 16.4. The number of hydrogen-bond donors (Lipinski definition) is 2. The fraction of sp³-hybridized carbons (Fsp3) is 0.714. The highest BCUT2D eigenvalue weighted by Crippen LogP contribution is 2.27. The molecule has 0 spiro atoms. The zero-order valence-electron chi connectivity index (χ0n) is 11.7. The number of rotatable bonds is 8. The second kappa shape index (κ2) is 7.90.